The average molecular weight is 390 g/mol. The molecule has 1 aromatic rings. The zero-order valence-corrected chi connectivity index (χ0v) is 16.7. The van der Waals surface area contributed by atoms with Gasteiger partial charge in [-0.1, -0.05) is 19.1 Å². The number of amides is 1. The van der Waals surface area contributed by atoms with Gasteiger partial charge < -0.3 is 20.0 Å². The topological polar surface area (TPSA) is 95.5 Å². The first kappa shape index (κ1) is 19.6. The first-order valence-corrected chi connectivity index (χ1v) is 10.1. The summed E-state index contributed by atoms with van der Waals surface area (Å²) < 4.78 is 5.35. The zero-order chi connectivity index (χ0) is 19.9. The van der Waals surface area contributed by atoms with E-state index in [0.717, 1.165) is 10.4 Å². The van der Waals surface area contributed by atoms with Crippen molar-refractivity contribution in [3.05, 3.63) is 28.2 Å². The van der Waals surface area contributed by atoms with Crippen LogP contribution in [0.5, 0.6) is 0 Å². The number of hydrogen-bond donors (Lipinski definition) is 1. The van der Waals surface area contributed by atoms with E-state index in [0.29, 0.717) is 23.4 Å². The van der Waals surface area contributed by atoms with E-state index in [4.69, 9.17) is 4.74 Å². The number of carboxylic acids is 1. The Kier molecular flexibility index (Phi) is 5.42. The molecule has 2 aliphatic carbocycles. The Balaban J connectivity index is 1.89. The molecule has 0 spiro atoms. The van der Waals surface area contributed by atoms with Gasteiger partial charge in [-0.25, -0.2) is 4.79 Å². The fourth-order valence-electron chi connectivity index (χ4n) is 4.28. The van der Waals surface area contributed by atoms with Crippen molar-refractivity contribution in [1.82, 2.24) is 0 Å². The number of hydrogen-bond acceptors (Lipinski definition) is 6. The predicted octanol–water partition coefficient (Wildman–Crippen LogP) is 2.31. The summed E-state index contributed by atoms with van der Waals surface area (Å²) in [5, 5.41) is 14.8. The van der Waals surface area contributed by atoms with E-state index in [1.165, 1.54) is 11.3 Å². The number of fused-ring (bicyclic) bond motifs is 2. The molecule has 1 aromatic heterocycles. The summed E-state index contributed by atoms with van der Waals surface area (Å²) >= 11 is 1.32. The quantitative estimate of drug-likeness (QED) is 0.594. The van der Waals surface area contributed by atoms with E-state index in [1.54, 1.807) is 13.8 Å². The summed E-state index contributed by atoms with van der Waals surface area (Å²) in [5.74, 6) is -3.78. The predicted molar refractivity (Wildman–Crippen MR) is 100 cm³/mol. The summed E-state index contributed by atoms with van der Waals surface area (Å²) in [6, 6.07) is 0. The molecule has 3 rings (SSSR count). The van der Waals surface area contributed by atoms with Crippen LogP contribution < -0.4 is 10.4 Å². The molecule has 0 saturated heterocycles. The minimum atomic E-state index is -1.19. The minimum Gasteiger partial charge on any atom is -0.550 e. The Hall–Kier alpha value is -2.15. The molecule has 0 unspecified atom stereocenters. The maximum absolute atomic E-state index is 12.9. The Morgan fingerprint density at radius 2 is 1.89 bits per heavy atom. The number of aryl methyl sites for hydroxylation is 1. The standard InChI is InChI=1S/C20H25NO5S/c1-5-13-10(4)27-18(16(13)20(25)26-9(2)3)21-17(22)14-11-6-7-12(8-11)15(14)19(23)24/h6-7,9,11-12,14-15H,5,8H2,1-4H3,(H,21,22)(H,23,24)/p-1/t11-,12+,14-,15+/m1/s1. The number of anilines is 1. The normalized spacial score (nSPS) is 25.8. The second-order valence-electron chi connectivity index (χ2n) is 7.46. The number of carbonyl (C=O) groups is 3. The number of carboxylic acid groups (broad SMARTS) is 1. The van der Waals surface area contributed by atoms with Crippen LogP contribution in [0.15, 0.2) is 12.2 Å². The SMILES string of the molecule is CCc1c(C)sc(NC(=O)[C@H]2[C@@H](C(=O)[O-])[C@H]3C=C[C@@H]2C3)c1C(=O)OC(C)C. The zero-order valence-electron chi connectivity index (χ0n) is 15.9. The highest BCUT2D eigenvalue weighted by atomic mass is 32.1. The van der Waals surface area contributed by atoms with Gasteiger partial charge in [-0.2, -0.15) is 0 Å². The van der Waals surface area contributed by atoms with Gasteiger partial charge in [-0.3, -0.25) is 4.79 Å². The van der Waals surface area contributed by atoms with Crippen molar-refractivity contribution in [3.8, 4) is 0 Å². The molecular formula is C20H24NO5S-. The van der Waals surface area contributed by atoms with Gasteiger partial charge in [-0.15, -0.1) is 11.3 Å². The largest absolute Gasteiger partial charge is 0.550 e. The first-order valence-electron chi connectivity index (χ1n) is 9.27. The average Bonchev–Trinajstić information content (AvgIpc) is 3.25. The van der Waals surface area contributed by atoms with Gasteiger partial charge in [0.15, 0.2) is 0 Å². The number of esters is 1. The van der Waals surface area contributed by atoms with E-state index in [2.05, 4.69) is 5.32 Å². The number of carbonyl (C=O) groups excluding carboxylic acids is 3. The van der Waals surface area contributed by atoms with E-state index < -0.39 is 23.8 Å². The maximum Gasteiger partial charge on any atom is 0.341 e. The third-order valence-electron chi connectivity index (χ3n) is 5.38. The molecule has 27 heavy (non-hydrogen) atoms. The van der Waals surface area contributed by atoms with Crippen molar-refractivity contribution >= 4 is 34.2 Å². The van der Waals surface area contributed by atoms with Gasteiger partial charge in [-0.05, 0) is 51.0 Å². The van der Waals surface area contributed by atoms with E-state index in [-0.39, 0.29) is 23.8 Å². The van der Waals surface area contributed by atoms with Gasteiger partial charge in [0.05, 0.1) is 17.6 Å². The number of ether oxygens (including phenoxy) is 1. The number of rotatable bonds is 6. The van der Waals surface area contributed by atoms with Crippen LogP contribution in [0.2, 0.25) is 0 Å². The Morgan fingerprint density at radius 1 is 1.26 bits per heavy atom. The first-order chi connectivity index (χ1) is 12.7. The number of thiophene rings is 1. The lowest BCUT2D eigenvalue weighted by molar-refractivity contribution is -0.313. The monoisotopic (exact) mass is 390 g/mol. The highest BCUT2D eigenvalue weighted by Gasteiger charge is 2.49. The summed E-state index contributed by atoms with van der Waals surface area (Å²) in [4.78, 5) is 38.0. The van der Waals surface area contributed by atoms with Crippen molar-refractivity contribution in [3.63, 3.8) is 0 Å². The molecule has 0 aromatic carbocycles. The second kappa shape index (κ2) is 7.46. The summed E-state index contributed by atoms with van der Waals surface area (Å²) in [6.45, 7) is 7.38. The van der Waals surface area contributed by atoms with Gasteiger partial charge in [0.2, 0.25) is 5.91 Å². The summed E-state index contributed by atoms with van der Waals surface area (Å²) in [7, 11) is 0. The van der Waals surface area contributed by atoms with Crippen molar-refractivity contribution in [2.45, 2.75) is 46.6 Å². The Bertz CT molecular complexity index is 810. The molecule has 1 heterocycles. The fraction of sp³-hybridized carbons (Fsp3) is 0.550. The van der Waals surface area contributed by atoms with Gasteiger partial charge in [0.1, 0.15) is 5.00 Å². The molecule has 1 fully saturated rings. The lowest BCUT2D eigenvalue weighted by Gasteiger charge is -2.27. The molecule has 1 amide bonds. The summed E-state index contributed by atoms with van der Waals surface area (Å²) in [6.07, 6.45) is 4.80. The van der Waals surface area contributed by atoms with Crippen LogP contribution in [0, 0.1) is 30.6 Å². The molecular weight excluding hydrogens is 366 g/mol. The van der Waals surface area contributed by atoms with E-state index >= 15 is 0 Å². The number of aliphatic carboxylic acids is 1. The van der Waals surface area contributed by atoms with Crippen LogP contribution >= 0.6 is 11.3 Å². The van der Waals surface area contributed by atoms with Crippen LogP contribution in [0.4, 0.5) is 5.00 Å². The third kappa shape index (κ3) is 3.52. The maximum atomic E-state index is 12.9. The van der Waals surface area contributed by atoms with Crippen molar-refractivity contribution in [2.75, 3.05) is 5.32 Å². The van der Waals surface area contributed by atoms with Gasteiger partial charge >= 0.3 is 5.97 Å². The molecule has 4 atom stereocenters. The molecule has 1 N–H and O–H groups in total. The van der Waals surface area contributed by atoms with Crippen LogP contribution in [0.25, 0.3) is 0 Å². The van der Waals surface area contributed by atoms with Gasteiger partial charge in [0.25, 0.3) is 0 Å². The van der Waals surface area contributed by atoms with Crippen LogP contribution in [-0.4, -0.2) is 23.9 Å². The lowest BCUT2D eigenvalue weighted by atomic mass is 9.82. The molecule has 1 saturated carbocycles. The highest BCUT2D eigenvalue weighted by Crippen LogP contribution is 2.48. The van der Waals surface area contributed by atoms with E-state index in [1.807, 2.05) is 26.0 Å². The molecule has 0 radical (unpaired) electrons. The van der Waals surface area contributed by atoms with Crippen LogP contribution in [0.3, 0.4) is 0 Å². The molecule has 6 nitrogen and oxygen atoms in total. The van der Waals surface area contributed by atoms with Crippen LogP contribution in [0.1, 0.15) is 48.0 Å². The highest BCUT2D eigenvalue weighted by molar-refractivity contribution is 7.16. The van der Waals surface area contributed by atoms with E-state index in [9.17, 15) is 19.5 Å². The Morgan fingerprint density at radius 3 is 2.44 bits per heavy atom. The molecule has 7 heteroatoms. The smallest absolute Gasteiger partial charge is 0.341 e. The fourth-order valence-corrected chi connectivity index (χ4v) is 5.41. The van der Waals surface area contributed by atoms with Crippen molar-refractivity contribution < 1.29 is 24.2 Å². The molecule has 2 aliphatic rings. The summed E-state index contributed by atoms with van der Waals surface area (Å²) in [5.41, 5.74) is 1.23. The van der Waals surface area contributed by atoms with Gasteiger partial charge in [0, 0.05) is 16.8 Å². The Labute approximate surface area is 162 Å². The number of nitrogens with one attached hydrogen (secondary N) is 1. The molecule has 2 bridgehead atoms. The van der Waals surface area contributed by atoms with Crippen molar-refractivity contribution in [1.29, 1.82) is 0 Å². The molecule has 0 aliphatic heterocycles. The lowest BCUT2D eigenvalue weighted by Crippen LogP contribution is -2.42. The number of allylic oxidation sites excluding steroid dienone is 2. The van der Waals surface area contributed by atoms with Crippen molar-refractivity contribution in [2.24, 2.45) is 23.7 Å². The third-order valence-corrected chi connectivity index (χ3v) is 6.44. The minimum absolute atomic E-state index is 0.101. The second-order valence-corrected chi connectivity index (χ2v) is 8.68. The van der Waals surface area contributed by atoms with Crippen LogP contribution in [-0.2, 0) is 20.7 Å². The molecule has 146 valence electrons.